The summed E-state index contributed by atoms with van der Waals surface area (Å²) in [4.78, 5) is 28.3. The molecular weight excluding hydrogens is 499 g/mol. The van der Waals surface area contributed by atoms with Crippen molar-refractivity contribution in [2.24, 2.45) is 5.41 Å². The van der Waals surface area contributed by atoms with Crippen molar-refractivity contribution in [2.75, 3.05) is 5.32 Å². The van der Waals surface area contributed by atoms with Gasteiger partial charge in [0.2, 0.25) is 0 Å². The number of pyridine rings is 1. The average molecular weight is 521 g/mol. The van der Waals surface area contributed by atoms with E-state index in [-0.39, 0.29) is 11.5 Å². The minimum Gasteiger partial charge on any atom is -0.365 e. The van der Waals surface area contributed by atoms with Gasteiger partial charge in [-0.1, -0.05) is 44.0 Å². The van der Waals surface area contributed by atoms with E-state index in [9.17, 15) is 9.59 Å². The van der Waals surface area contributed by atoms with Gasteiger partial charge in [-0.15, -0.1) is 22.7 Å². The first-order chi connectivity index (χ1) is 15.6. The second-order valence-corrected chi connectivity index (χ2v) is 12.1. The number of anilines is 1. The molecule has 0 radical (unpaired) electrons. The van der Waals surface area contributed by atoms with Gasteiger partial charge in [0.1, 0.15) is 11.5 Å². The summed E-state index contributed by atoms with van der Waals surface area (Å²) in [6.45, 7) is 6.40. The van der Waals surface area contributed by atoms with Crippen LogP contribution in [0.25, 0.3) is 11.3 Å². The fourth-order valence-corrected chi connectivity index (χ4v) is 5.31. The van der Waals surface area contributed by atoms with Crippen LogP contribution in [0.5, 0.6) is 0 Å². The highest BCUT2D eigenvalue weighted by Gasteiger charge is 2.27. The lowest BCUT2D eigenvalue weighted by molar-refractivity contribution is 0.0752. The monoisotopic (exact) mass is 520 g/mol. The van der Waals surface area contributed by atoms with Crippen LogP contribution in [0.1, 0.15) is 35.3 Å². The van der Waals surface area contributed by atoms with Crippen molar-refractivity contribution in [1.29, 1.82) is 0 Å². The maximum Gasteiger partial charge on any atom is 0.260 e. The molecule has 0 atom stereocenters. The normalized spacial score (nSPS) is 11.7. The number of hydrogen-bond donors (Lipinski definition) is 1. The van der Waals surface area contributed by atoms with Gasteiger partial charge in [-0.2, -0.15) is 9.78 Å². The fraction of sp³-hybridized carbons (Fsp3) is 0.261. The average Bonchev–Trinajstić information content (AvgIpc) is 3.47. The van der Waals surface area contributed by atoms with Crippen LogP contribution < -0.4 is 10.9 Å². The summed E-state index contributed by atoms with van der Waals surface area (Å²) >= 11 is 15.0. The summed E-state index contributed by atoms with van der Waals surface area (Å²) in [5.74, 6) is 0.347. The van der Waals surface area contributed by atoms with E-state index in [2.05, 4.69) is 10.4 Å². The maximum atomic E-state index is 13.2. The van der Waals surface area contributed by atoms with E-state index in [1.807, 2.05) is 45.0 Å². The van der Waals surface area contributed by atoms with E-state index in [0.717, 1.165) is 9.75 Å². The number of carbonyl (C=O) groups excluding carboxylic acids is 1. The Kier molecular flexibility index (Phi) is 6.81. The predicted molar refractivity (Wildman–Crippen MR) is 137 cm³/mol. The van der Waals surface area contributed by atoms with Gasteiger partial charge in [0.05, 0.1) is 27.3 Å². The first-order valence-corrected chi connectivity index (χ1v) is 12.6. The van der Waals surface area contributed by atoms with Crippen molar-refractivity contribution < 1.29 is 4.79 Å². The number of thiophene rings is 2. The van der Waals surface area contributed by atoms with Gasteiger partial charge in [-0.3, -0.25) is 9.59 Å². The molecule has 0 aliphatic rings. The highest BCUT2D eigenvalue weighted by atomic mass is 35.5. The van der Waals surface area contributed by atoms with E-state index in [0.29, 0.717) is 38.8 Å². The molecule has 0 saturated heterocycles. The molecule has 0 saturated carbocycles. The molecule has 0 spiro atoms. The minimum absolute atomic E-state index is 0.176. The van der Waals surface area contributed by atoms with E-state index >= 15 is 0 Å². The van der Waals surface area contributed by atoms with Crippen molar-refractivity contribution in [3.05, 3.63) is 77.4 Å². The molecule has 4 aromatic heterocycles. The number of halogens is 2. The molecule has 0 amide bonds. The zero-order valence-electron chi connectivity index (χ0n) is 18.3. The van der Waals surface area contributed by atoms with Crippen LogP contribution in [-0.4, -0.2) is 20.3 Å². The molecule has 4 heterocycles. The Hall–Kier alpha value is -2.39. The summed E-state index contributed by atoms with van der Waals surface area (Å²) in [6.07, 6.45) is 1.73. The van der Waals surface area contributed by atoms with Crippen LogP contribution in [0.2, 0.25) is 8.67 Å². The second kappa shape index (κ2) is 9.46. The van der Waals surface area contributed by atoms with Gasteiger partial charge in [0.15, 0.2) is 0 Å². The summed E-state index contributed by atoms with van der Waals surface area (Å²) in [6, 6.07) is 12.7. The molecule has 0 bridgehead atoms. The summed E-state index contributed by atoms with van der Waals surface area (Å²) < 4.78 is 4.34. The van der Waals surface area contributed by atoms with Gasteiger partial charge in [-0.25, -0.2) is 0 Å². The fourth-order valence-electron chi connectivity index (χ4n) is 3.20. The molecule has 0 fully saturated rings. The van der Waals surface area contributed by atoms with Crippen LogP contribution in [0.4, 0.5) is 5.82 Å². The topological polar surface area (TPSA) is 68.9 Å². The van der Waals surface area contributed by atoms with Crippen LogP contribution in [0.15, 0.2) is 53.5 Å². The lowest BCUT2D eigenvalue weighted by Crippen LogP contribution is -2.29. The molecule has 6 nitrogen and oxygen atoms in total. The largest absolute Gasteiger partial charge is 0.365 e. The highest BCUT2D eigenvalue weighted by molar-refractivity contribution is 7.16. The Morgan fingerprint density at radius 3 is 2.33 bits per heavy atom. The van der Waals surface area contributed by atoms with Gasteiger partial charge >= 0.3 is 0 Å². The number of rotatable bonds is 6. The van der Waals surface area contributed by atoms with Crippen LogP contribution in [0, 0.1) is 5.41 Å². The first kappa shape index (κ1) is 23.8. The Balaban J connectivity index is 1.70. The molecule has 1 N–H and O–H groups in total. The van der Waals surface area contributed by atoms with Gasteiger partial charge < -0.3 is 9.88 Å². The molecule has 0 unspecified atom stereocenters. The molecule has 0 aliphatic heterocycles. The summed E-state index contributed by atoms with van der Waals surface area (Å²) in [5, 5.41) is 7.80. The standard InChI is InChI=1S/C23H22Cl2N4O2S2/c1-23(2,3)22(31)29-20(26-12-14-6-8-18(24)32-14)11-17(27-29)16-5-4-10-28(21(16)30)13-15-7-9-19(25)33-15/h4-11,26H,12-13H2,1-3H3. The third kappa shape index (κ3) is 5.41. The summed E-state index contributed by atoms with van der Waals surface area (Å²) in [5.41, 5.74) is 0.0126. The molecule has 0 aliphatic carbocycles. The molecule has 172 valence electrons. The Morgan fingerprint density at radius 2 is 1.73 bits per heavy atom. The number of carbonyl (C=O) groups is 1. The van der Waals surface area contributed by atoms with Crippen molar-refractivity contribution in [1.82, 2.24) is 14.3 Å². The molecule has 4 aromatic rings. The van der Waals surface area contributed by atoms with E-state index < -0.39 is 5.41 Å². The van der Waals surface area contributed by atoms with Gasteiger partial charge in [-0.05, 0) is 36.4 Å². The third-order valence-corrected chi connectivity index (χ3v) is 7.31. The van der Waals surface area contributed by atoms with Gasteiger partial charge in [0, 0.05) is 27.4 Å². The number of hydrogen-bond acceptors (Lipinski definition) is 6. The van der Waals surface area contributed by atoms with Crippen LogP contribution >= 0.6 is 45.9 Å². The van der Waals surface area contributed by atoms with E-state index in [1.54, 1.807) is 29.0 Å². The lowest BCUT2D eigenvalue weighted by atomic mass is 9.96. The third-order valence-electron chi connectivity index (χ3n) is 4.87. The molecule has 10 heteroatoms. The predicted octanol–water partition coefficient (Wildman–Crippen LogP) is 6.49. The van der Waals surface area contributed by atoms with Crippen molar-refractivity contribution in [3.8, 4) is 11.3 Å². The Labute approximate surface area is 209 Å². The van der Waals surface area contributed by atoms with Gasteiger partial charge in [0.25, 0.3) is 11.5 Å². The quantitative estimate of drug-likeness (QED) is 0.315. The Morgan fingerprint density at radius 1 is 1.06 bits per heavy atom. The van der Waals surface area contributed by atoms with E-state index in [1.165, 1.54) is 27.4 Å². The molecule has 0 aromatic carbocycles. The van der Waals surface area contributed by atoms with E-state index in [4.69, 9.17) is 23.2 Å². The minimum atomic E-state index is -0.651. The zero-order chi connectivity index (χ0) is 23.8. The van der Waals surface area contributed by atoms with Crippen molar-refractivity contribution in [2.45, 2.75) is 33.9 Å². The smallest absolute Gasteiger partial charge is 0.260 e. The molecule has 33 heavy (non-hydrogen) atoms. The first-order valence-electron chi connectivity index (χ1n) is 10.2. The highest BCUT2D eigenvalue weighted by Crippen LogP contribution is 2.27. The number of nitrogens with one attached hydrogen (secondary N) is 1. The Bertz CT molecular complexity index is 1360. The van der Waals surface area contributed by atoms with Crippen LogP contribution in [-0.2, 0) is 13.1 Å². The number of nitrogens with zero attached hydrogens (tertiary/aromatic N) is 3. The number of aromatic nitrogens is 3. The SMILES string of the molecule is CC(C)(C)C(=O)n1nc(-c2cccn(Cc3ccc(Cl)s3)c2=O)cc1NCc1ccc(Cl)s1. The lowest BCUT2D eigenvalue weighted by Gasteiger charge is -2.18. The summed E-state index contributed by atoms with van der Waals surface area (Å²) in [7, 11) is 0. The molecule has 4 rings (SSSR count). The van der Waals surface area contributed by atoms with Crippen molar-refractivity contribution in [3.63, 3.8) is 0 Å². The zero-order valence-corrected chi connectivity index (χ0v) is 21.4. The van der Waals surface area contributed by atoms with Crippen LogP contribution in [0.3, 0.4) is 0 Å². The second-order valence-electron chi connectivity index (χ2n) is 8.50. The maximum absolute atomic E-state index is 13.2. The molecular formula is C23H22Cl2N4O2S2. The van der Waals surface area contributed by atoms with Crippen molar-refractivity contribution >= 4 is 57.6 Å².